The van der Waals surface area contributed by atoms with Crippen LogP contribution in [0.25, 0.3) is 16.7 Å². The highest BCUT2D eigenvalue weighted by Gasteiger charge is 2.20. The van der Waals surface area contributed by atoms with Gasteiger partial charge in [0.2, 0.25) is 0 Å². The number of ether oxygens (including phenoxy) is 1. The molecule has 0 aromatic carbocycles. The van der Waals surface area contributed by atoms with E-state index in [9.17, 15) is 9.59 Å². The molecule has 146 valence electrons. The number of rotatable bonds is 4. The number of hydrogen-bond acceptors (Lipinski definition) is 5. The minimum absolute atomic E-state index is 0.0103. The van der Waals surface area contributed by atoms with Gasteiger partial charge in [-0.25, -0.2) is 4.98 Å². The molecule has 0 bridgehead atoms. The summed E-state index contributed by atoms with van der Waals surface area (Å²) in [7, 11) is 0. The van der Waals surface area contributed by atoms with Crippen LogP contribution in [0.15, 0.2) is 29.2 Å². The Morgan fingerprint density at radius 1 is 1.43 bits per heavy atom. The van der Waals surface area contributed by atoms with Crippen molar-refractivity contribution in [1.29, 1.82) is 5.41 Å². The van der Waals surface area contributed by atoms with Crippen LogP contribution in [0.1, 0.15) is 35.7 Å². The molecule has 0 aliphatic carbocycles. The van der Waals surface area contributed by atoms with Crippen molar-refractivity contribution in [2.24, 2.45) is 0 Å². The molecule has 0 radical (unpaired) electrons. The molecule has 1 aliphatic rings. The summed E-state index contributed by atoms with van der Waals surface area (Å²) in [6.45, 7) is 5.30. The Morgan fingerprint density at radius 2 is 2.25 bits per heavy atom. The average molecular weight is 381 g/mol. The second-order valence-corrected chi connectivity index (χ2v) is 7.03. The lowest BCUT2D eigenvalue weighted by Gasteiger charge is -2.15. The molecule has 1 unspecified atom stereocenters. The summed E-state index contributed by atoms with van der Waals surface area (Å²) in [4.78, 5) is 30.4. The number of pyridine rings is 2. The fraction of sp³-hybridized carbons (Fsp3) is 0.400. The van der Waals surface area contributed by atoms with Gasteiger partial charge in [-0.15, -0.1) is 0 Å². The number of amides is 1. The van der Waals surface area contributed by atoms with E-state index in [-0.39, 0.29) is 28.6 Å². The van der Waals surface area contributed by atoms with Crippen molar-refractivity contribution in [3.63, 3.8) is 0 Å². The Kier molecular flexibility index (Phi) is 4.72. The van der Waals surface area contributed by atoms with Gasteiger partial charge in [-0.05, 0) is 44.4 Å². The highest BCUT2D eigenvalue weighted by molar-refractivity contribution is 5.96. The van der Waals surface area contributed by atoms with E-state index in [2.05, 4.69) is 10.3 Å². The number of nitrogens with one attached hydrogen (secondary N) is 2. The van der Waals surface area contributed by atoms with E-state index in [1.54, 1.807) is 16.8 Å². The van der Waals surface area contributed by atoms with Gasteiger partial charge in [0, 0.05) is 25.9 Å². The van der Waals surface area contributed by atoms with Crippen molar-refractivity contribution in [3.05, 3.63) is 51.4 Å². The van der Waals surface area contributed by atoms with E-state index < -0.39 is 0 Å². The first-order valence-electron chi connectivity index (χ1n) is 9.51. The Bertz CT molecular complexity index is 1190. The van der Waals surface area contributed by atoms with Crippen molar-refractivity contribution in [3.8, 4) is 0 Å². The van der Waals surface area contributed by atoms with Crippen molar-refractivity contribution in [2.45, 2.75) is 39.3 Å². The van der Waals surface area contributed by atoms with Gasteiger partial charge in [-0.2, -0.15) is 0 Å². The maximum absolute atomic E-state index is 13.1. The van der Waals surface area contributed by atoms with E-state index >= 15 is 0 Å². The summed E-state index contributed by atoms with van der Waals surface area (Å²) < 4.78 is 8.62. The highest BCUT2D eigenvalue weighted by atomic mass is 16.5. The number of fused-ring (bicyclic) bond motifs is 2. The maximum Gasteiger partial charge on any atom is 0.267 e. The van der Waals surface area contributed by atoms with Crippen LogP contribution in [-0.2, 0) is 11.3 Å². The molecule has 1 aliphatic heterocycles. The summed E-state index contributed by atoms with van der Waals surface area (Å²) >= 11 is 0. The molecule has 0 saturated carbocycles. The molecule has 3 aromatic rings. The standard InChI is InChI=1S/C20H23N5O3/c1-3-24-16(21)14(19(26)22-11-13-7-5-9-28-13)10-15-18(24)23-17-12(2)6-4-8-25(17)20(15)27/h4,6,8,10,13,21H,3,5,7,9,11H2,1-2H3,(H,22,26). The van der Waals surface area contributed by atoms with Gasteiger partial charge in [-0.1, -0.05) is 6.07 Å². The van der Waals surface area contributed by atoms with Crippen LogP contribution >= 0.6 is 0 Å². The summed E-state index contributed by atoms with van der Waals surface area (Å²) in [6, 6.07) is 5.16. The van der Waals surface area contributed by atoms with Gasteiger partial charge in [0.05, 0.1) is 17.1 Å². The third-order valence-corrected chi connectivity index (χ3v) is 5.21. The second kappa shape index (κ2) is 7.20. The lowest BCUT2D eigenvalue weighted by molar-refractivity contribution is 0.0856. The third kappa shape index (κ3) is 2.99. The predicted octanol–water partition coefficient (Wildman–Crippen LogP) is 1.37. The topological polar surface area (TPSA) is 101 Å². The first kappa shape index (κ1) is 18.4. The number of aryl methyl sites for hydroxylation is 2. The second-order valence-electron chi connectivity index (χ2n) is 7.03. The molecule has 1 saturated heterocycles. The number of carbonyl (C=O) groups excluding carboxylic acids is 1. The SMILES string of the molecule is CCn1c(=N)c(C(=O)NCC2CCCO2)cc2c(=O)n3cccc(C)c3nc21. The first-order chi connectivity index (χ1) is 13.5. The van der Waals surface area contributed by atoms with Crippen molar-refractivity contribution >= 4 is 22.6 Å². The van der Waals surface area contributed by atoms with Gasteiger partial charge in [0.25, 0.3) is 11.5 Å². The molecule has 1 amide bonds. The molecule has 8 heteroatoms. The molecule has 1 atom stereocenters. The molecule has 1 fully saturated rings. The van der Waals surface area contributed by atoms with Crippen LogP contribution in [0.5, 0.6) is 0 Å². The van der Waals surface area contributed by atoms with Gasteiger partial charge in [-0.3, -0.25) is 19.4 Å². The molecule has 4 rings (SSSR count). The lowest BCUT2D eigenvalue weighted by atomic mass is 10.1. The molecule has 3 aromatic heterocycles. The normalized spacial score (nSPS) is 16.7. The Balaban J connectivity index is 1.86. The van der Waals surface area contributed by atoms with Crippen molar-refractivity contribution in [2.75, 3.05) is 13.2 Å². The Labute approximate surface area is 161 Å². The molecule has 0 spiro atoms. The van der Waals surface area contributed by atoms with Crippen LogP contribution in [0.3, 0.4) is 0 Å². The van der Waals surface area contributed by atoms with Gasteiger partial charge >= 0.3 is 0 Å². The zero-order valence-corrected chi connectivity index (χ0v) is 16.0. The van der Waals surface area contributed by atoms with Crippen molar-refractivity contribution < 1.29 is 9.53 Å². The van der Waals surface area contributed by atoms with E-state index in [0.717, 1.165) is 18.4 Å². The third-order valence-electron chi connectivity index (χ3n) is 5.21. The minimum Gasteiger partial charge on any atom is -0.376 e. The monoisotopic (exact) mass is 381 g/mol. The molecule has 8 nitrogen and oxygen atoms in total. The van der Waals surface area contributed by atoms with Crippen molar-refractivity contribution in [1.82, 2.24) is 19.3 Å². The van der Waals surface area contributed by atoms with E-state index in [1.165, 1.54) is 10.5 Å². The van der Waals surface area contributed by atoms with Crippen LogP contribution in [0.4, 0.5) is 0 Å². The van der Waals surface area contributed by atoms with Crippen LogP contribution in [0.2, 0.25) is 0 Å². The average Bonchev–Trinajstić information content (AvgIpc) is 3.20. The molecule has 28 heavy (non-hydrogen) atoms. The van der Waals surface area contributed by atoms with Crippen LogP contribution in [-0.4, -0.2) is 39.1 Å². The minimum atomic E-state index is -0.377. The predicted molar refractivity (Wildman–Crippen MR) is 105 cm³/mol. The number of nitrogens with zero attached hydrogens (tertiary/aromatic N) is 3. The fourth-order valence-electron chi connectivity index (χ4n) is 3.68. The summed E-state index contributed by atoms with van der Waals surface area (Å²) in [6.07, 6.45) is 3.58. The highest BCUT2D eigenvalue weighted by Crippen LogP contribution is 2.13. The summed E-state index contributed by atoms with van der Waals surface area (Å²) in [5.74, 6) is -0.377. The van der Waals surface area contributed by atoms with E-state index in [0.29, 0.717) is 36.4 Å². The smallest absolute Gasteiger partial charge is 0.267 e. The molecular weight excluding hydrogens is 358 g/mol. The number of hydrogen-bond donors (Lipinski definition) is 2. The summed E-state index contributed by atoms with van der Waals surface area (Å²) in [5, 5.41) is 11.7. The van der Waals surface area contributed by atoms with Gasteiger partial charge < -0.3 is 14.6 Å². The van der Waals surface area contributed by atoms with Gasteiger partial charge in [0.15, 0.2) is 0 Å². The molecular formula is C20H23N5O3. The first-order valence-corrected chi connectivity index (χ1v) is 9.51. The zero-order valence-electron chi connectivity index (χ0n) is 16.0. The van der Waals surface area contributed by atoms with E-state index in [4.69, 9.17) is 10.1 Å². The van der Waals surface area contributed by atoms with Crippen LogP contribution in [0, 0.1) is 12.3 Å². The number of aromatic nitrogens is 3. The van der Waals surface area contributed by atoms with Crippen LogP contribution < -0.4 is 16.4 Å². The summed E-state index contributed by atoms with van der Waals surface area (Å²) in [5.41, 5.74) is 1.80. The molecule has 4 heterocycles. The largest absolute Gasteiger partial charge is 0.376 e. The zero-order chi connectivity index (χ0) is 19.8. The maximum atomic E-state index is 13.1. The quantitative estimate of drug-likeness (QED) is 0.667. The number of carbonyl (C=O) groups is 1. The van der Waals surface area contributed by atoms with Gasteiger partial charge in [0.1, 0.15) is 16.8 Å². The lowest BCUT2D eigenvalue weighted by Crippen LogP contribution is -2.37. The Morgan fingerprint density at radius 3 is 2.96 bits per heavy atom. The molecule has 2 N–H and O–H groups in total. The Hall–Kier alpha value is -3.00. The fourth-order valence-corrected chi connectivity index (χ4v) is 3.68. The van der Waals surface area contributed by atoms with E-state index in [1.807, 2.05) is 19.9 Å².